The predicted molar refractivity (Wildman–Crippen MR) is 177 cm³/mol. The number of nitrogens with two attached hydrogens (primary N) is 1. The van der Waals surface area contributed by atoms with Crippen LogP contribution in [0.25, 0.3) is 0 Å². The zero-order valence-corrected chi connectivity index (χ0v) is 27.6. The molecule has 45 heavy (non-hydrogen) atoms. The monoisotopic (exact) mass is 640 g/mol. The molecular formula is C36H46F2N2O4S. The number of hydrogen-bond acceptors (Lipinski definition) is 4. The van der Waals surface area contributed by atoms with Gasteiger partial charge < -0.3 is 15.7 Å². The molecule has 6 nitrogen and oxygen atoms in total. The smallest absolute Gasteiger partial charge is 0.335 e. The molecule has 0 aliphatic carbocycles. The topological polar surface area (TPSA) is 101 Å². The highest BCUT2D eigenvalue weighted by atomic mass is 32.2. The van der Waals surface area contributed by atoms with Crippen molar-refractivity contribution in [3.63, 3.8) is 0 Å². The molecule has 0 aliphatic heterocycles. The highest BCUT2D eigenvalue weighted by Crippen LogP contribution is 2.25. The Morgan fingerprint density at radius 3 is 2.13 bits per heavy atom. The van der Waals surface area contributed by atoms with Crippen LogP contribution >= 0.6 is 11.8 Å². The standard InChI is InChI=1S/C30H33F2NO3S.C6H13NO/c1-2-3-4-5-8-17-33(20-23-13-14-25(31)19-28(23)32)29(34)18-22-11-15-26(16-12-22)37-21-24-9-6-7-10-27(24)30(35)36;1-6(2,3)4-5(7)8/h6-7,9-16,19H,2-5,8,17-18,20-21H2,1H3,(H,35,36);4H2,1-3H3,(H2,7,8). The van der Waals surface area contributed by atoms with Crippen molar-refractivity contribution in [2.24, 2.45) is 11.1 Å². The zero-order valence-electron chi connectivity index (χ0n) is 26.8. The second kappa shape index (κ2) is 18.9. The molecule has 0 saturated heterocycles. The Balaban J connectivity index is 0.000000777. The lowest BCUT2D eigenvalue weighted by Crippen LogP contribution is -2.33. The van der Waals surface area contributed by atoms with Crippen LogP contribution in [0.5, 0.6) is 0 Å². The van der Waals surface area contributed by atoms with Crippen molar-refractivity contribution in [2.75, 3.05) is 6.54 Å². The van der Waals surface area contributed by atoms with Crippen molar-refractivity contribution in [1.82, 2.24) is 4.90 Å². The first-order chi connectivity index (χ1) is 21.3. The Morgan fingerprint density at radius 1 is 0.889 bits per heavy atom. The fraction of sp³-hybridized carbons (Fsp3) is 0.417. The maximum atomic E-state index is 14.3. The molecule has 3 aromatic rings. The summed E-state index contributed by atoms with van der Waals surface area (Å²) in [5.41, 5.74) is 7.18. The first kappa shape index (κ1) is 37.5. The van der Waals surface area contributed by atoms with E-state index >= 15 is 0 Å². The van der Waals surface area contributed by atoms with Crippen LogP contribution in [-0.2, 0) is 28.3 Å². The Labute approximate surface area is 270 Å². The molecule has 9 heteroatoms. The SMILES string of the molecule is CC(C)(C)CC(N)=O.CCCCCCCN(Cc1ccc(F)cc1F)C(=O)Cc1ccc(SCc2ccccc2C(=O)O)cc1. The van der Waals surface area contributed by atoms with Crippen molar-refractivity contribution in [3.05, 3.63) is 101 Å². The first-order valence-electron chi connectivity index (χ1n) is 15.3. The van der Waals surface area contributed by atoms with Crippen LogP contribution in [0, 0.1) is 17.0 Å². The normalized spacial score (nSPS) is 11.0. The Bertz CT molecular complexity index is 1390. The number of unbranched alkanes of at least 4 members (excludes halogenated alkanes) is 4. The van der Waals surface area contributed by atoms with E-state index in [9.17, 15) is 28.3 Å². The first-order valence-corrected chi connectivity index (χ1v) is 16.3. The van der Waals surface area contributed by atoms with Crippen LogP contribution < -0.4 is 5.73 Å². The lowest BCUT2D eigenvalue weighted by molar-refractivity contribution is -0.131. The minimum atomic E-state index is -0.944. The molecule has 0 saturated carbocycles. The number of carboxylic acids is 1. The summed E-state index contributed by atoms with van der Waals surface area (Å²) in [5.74, 6) is -2.03. The van der Waals surface area contributed by atoms with Gasteiger partial charge in [0.25, 0.3) is 0 Å². The lowest BCUT2D eigenvalue weighted by atomic mass is 9.92. The maximum Gasteiger partial charge on any atom is 0.335 e. The molecule has 0 aliphatic rings. The molecule has 0 bridgehead atoms. The van der Waals surface area contributed by atoms with Gasteiger partial charge in [-0.05, 0) is 47.2 Å². The van der Waals surface area contributed by atoms with Crippen LogP contribution in [0.2, 0.25) is 0 Å². The minimum absolute atomic E-state index is 0.0475. The van der Waals surface area contributed by atoms with Gasteiger partial charge in [0, 0.05) is 41.8 Å². The Kier molecular flexibility index (Phi) is 15.8. The summed E-state index contributed by atoms with van der Waals surface area (Å²) in [6.45, 7) is 8.73. The van der Waals surface area contributed by atoms with Gasteiger partial charge in [0.2, 0.25) is 11.8 Å². The van der Waals surface area contributed by atoms with Crippen molar-refractivity contribution in [3.8, 4) is 0 Å². The van der Waals surface area contributed by atoms with Gasteiger partial charge in [0.15, 0.2) is 0 Å². The Hall–Kier alpha value is -3.72. The van der Waals surface area contributed by atoms with E-state index in [1.807, 2.05) is 57.2 Å². The van der Waals surface area contributed by atoms with Crippen LogP contribution in [-0.4, -0.2) is 34.3 Å². The summed E-state index contributed by atoms with van der Waals surface area (Å²) in [6.07, 6.45) is 5.86. The largest absolute Gasteiger partial charge is 0.478 e. The average Bonchev–Trinajstić information content (AvgIpc) is 2.96. The number of primary amides is 1. The number of amides is 2. The molecule has 0 atom stereocenters. The predicted octanol–water partition coefficient (Wildman–Crippen LogP) is 8.40. The van der Waals surface area contributed by atoms with Crippen molar-refractivity contribution in [2.45, 2.75) is 89.8 Å². The van der Waals surface area contributed by atoms with Gasteiger partial charge in [-0.15, -0.1) is 11.8 Å². The summed E-state index contributed by atoms with van der Waals surface area (Å²) in [6, 6.07) is 18.0. The van der Waals surface area contributed by atoms with E-state index in [4.69, 9.17) is 5.73 Å². The van der Waals surface area contributed by atoms with E-state index in [1.165, 1.54) is 23.9 Å². The van der Waals surface area contributed by atoms with Gasteiger partial charge in [-0.25, -0.2) is 13.6 Å². The second-order valence-electron chi connectivity index (χ2n) is 12.2. The van der Waals surface area contributed by atoms with Crippen LogP contribution in [0.3, 0.4) is 0 Å². The summed E-state index contributed by atoms with van der Waals surface area (Å²) >= 11 is 1.53. The van der Waals surface area contributed by atoms with Gasteiger partial charge in [0.05, 0.1) is 12.0 Å². The number of thioether (sulfide) groups is 1. The number of halogens is 2. The zero-order chi connectivity index (χ0) is 33.4. The number of carbonyl (C=O) groups excluding carboxylic acids is 2. The number of benzene rings is 3. The highest BCUT2D eigenvalue weighted by Gasteiger charge is 2.17. The lowest BCUT2D eigenvalue weighted by Gasteiger charge is -2.23. The minimum Gasteiger partial charge on any atom is -0.478 e. The van der Waals surface area contributed by atoms with Crippen LogP contribution in [0.15, 0.2) is 71.6 Å². The van der Waals surface area contributed by atoms with E-state index in [0.717, 1.165) is 54.2 Å². The molecule has 2 amide bonds. The molecule has 0 fully saturated rings. The van der Waals surface area contributed by atoms with E-state index in [-0.39, 0.29) is 30.2 Å². The number of aromatic carboxylic acids is 1. The molecule has 0 unspecified atom stereocenters. The van der Waals surface area contributed by atoms with Gasteiger partial charge in [0.1, 0.15) is 11.6 Å². The van der Waals surface area contributed by atoms with Gasteiger partial charge in [-0.1, -0.05) is 89.8 Å². The number of carboxylic acid groups (broad SMARTS) is 1. The molecule has 3 aromatic carbocycles. The molecule has 3 N–H and O–H groups in total. The molecule has 3 rings (SSSR count). The van der Waals surface area contributed by atoms with Crippen molar-refractivity contribution >= 4 is 29.5 Å². The summed E-state index contributed by atoms with van der Waals surface area (Å²) in [4.78, 5) is 37.5. The molecular weight excluding hydrogens is 594 g/mol. The molecule has 0 spiro atoms. The number of nitrogens with zero attached hydrogens (tertiary/aromatic N) is 1. The molecule has 0 radical (unpaired) electrons. The summed E-state index contributed by atoms with van der Waals surface area (Å²) < 4.78 is 27.6. The summed E-state index contributed by atoms with van der Waals surface area (Å²) in [5, 5.41) is 9.36. The van der Waals surface area contributed by atoms with E-state index < -0.39 is 17.6 Å². The third-order valence-electron chi connectivity index (χ3n) is 6.89. The van der Waals surface area contributed by atoms with Crippen LogP contribution in [0.4, 0.5) is 8.78 Å². The second-order valence-corrected chi connectivity index (χ2v) is 13.3. The van der Waals surface area contributed by atoms with Gasteiger partial charge >= 0.3 is 5.97 Å². The van der Waals surface area contributed by atoms with Crippen molar-refractivity contribution < 1.29 is 28.3 Å². The Morgan fingerprint density at radius 2 is 1.56 bits per heavy atom. The number of rotatable bonds is 15. The summed E-state index contributed by atoms with van der Waals surface area (Å²) in [7, 11) is 0. The van der Waals surface area contributed by atoms with E-state index in [0.29, 0.717) is 29.8 Å². The highest BCUT2D eigenvalue weighted by molar-refractivity contribution is 7.98. The third kappa shape index (κ3) is 14.7. The number of carbonyl (C=O) groups is 3. The van der Waals surface area contributed by atoms with E-state index in [1.54, 1.807) is 17.0 Å². The number of hydrogen-bond donors (Lipinski definition) is 2. The molecule has 0 heterocycles. The molecule has 0 aromatic heterocycles. The fourth-order valence-electron chi connectivity index (χ4n) is 4.58. The maximum absolute atomic E-state index is 14.3. The fourth-order valence-corrected chi connectivity index (χ4v) is 5.48. The van der Waals surface area contributed by atoms with Crippen LogP contribution in [0.1, 0.15) is 93.3 Å². The van der Waals surface area contributed by atoms with Gasteiger partial charge in [-0.3, -0.25) is 9.59 Å². The molecule has 244 valence electrons. The quantitative estimate of drug-likeness (QED) is 0.128. The van der Waals surface area contributed by atoms with Gasteiger partial charge in [-0.2, -0.15) is 0 Å². The average molecular weight is 641 g/mol. The third-order valence-corrected chi connectivity index (χ3v) is 7.95. The van der Waals surface area contributed by atoms with Crippen molar-refractivity contribution in [1.29, 1.82) is 0 Å². The van der Waals surface area contributed by atoms with E-state index in [2.05, 4.69) is 6.92 Å².